The van der Waals surface area contributed by atoms with Crippen molar-refractivity contribution in [1.82, 2.24) is 19.0 Å². The van der Waals surface area contributed by atoms with Crippen LogP contribution < -0.4 is 0 Å². The van der Waals surface area contributed by atoms with Gasteiger partial charge in [0.1, 0.15) is 16.4 Å². The second-order valence-electron chi connectivity index (χ2n) is 6.97. The van der Waals surface area contributed by atoms with Gasteiger partial charge in [-0.05, 0) is 24.3 Å². The van der Waals surface area contributed by atoms with Crippen molar-refractivity contribution in [3.8, 4) is 28.4 Å². The lowest BCUT2D eigenvalue weighted by Gasteiger charge is -2.20. The number of sulfonamides is 1. The molecule has 0 radical (unpaired) electrons. The van der Waals surface area contributed by atoms with Crippen LogP contribution in [0.3, 0.4) is 0 Å². The Kier molecular flexibility index (Phi) is 6.25. The van der Waals surface area contributed by atoms with Crippen LogP contribution in [0, 0.1) is 0 Å². The van der Waals surface area contributed by atoms with E-state index in [9.17, 15) is 23.4 Å². The fourth-order valence-electron chi connectivity index (χ4n) is 2.88. The molecule has 0 spiro atoms. The summed E-state index contributed by atoms with van der Waals surface area (Å²) in [5, 5.41) is 25.3. The van der Waals surface area contributed by atoms with Crippen LogP contribution in [0.15, 0.2) is 53.6 Å². The van der Waals surface area contributed by atoms with E-state index in [4.69, 9.17) is 11.6 Å². The fourth-order valence-corrected chi connectivity index (χ4v) is 4.30. The molecule has 0 saturated carbocycles. The minimum Gasteiger partial charge on any atom is -0.507 e. The zero-order chi connectivity index (χ0) is 22.9. The molecule has 2 N–H and O–H groups in total. The third-order valence-electron chi connectivity index (χ3n) is 4.62. The number of amides is 1. The molecule has 3 aromatic rings. The second-order valence-corrected chi connectivity index (χ2v) is 9.39. The molecule has 0 saturated heterocycles. The first-order valence-corrected chi connectivity index (χ1v) is 10.9. The molecule has 0 aliphatic heterocycles. The maximum atomic E-state index is 13.0. The number of halogens is 1. The molecule has 0 unspecified atom stereocenters. The van der Waals surface area contributed by atoms with Crippen molar-refractivity contribution in [2.75, 3.05) is 27.7 Å². The lowest BCUT2D eigenvalue weighted by molar-refractivity contribution is -0.128. The molecule has 1 heterocycles. The molecular formula is C20H21ClN4O5S. The first-order valence-electron chi connectivity index (χ1n) is 9.05. The summed E-state index contributed by atoms with van der Waals surface area (Å²) in [6.07, 6.45) is 1.47. The molecule has 11 heteroatoms. The Labute approximate surface area is 184 Å². The van der Waals surface area contributed by atoms with Gasteiger partial charge in [0.25, 0.3) is 0 Å². The van der Waals surface area contributed by atoms with Gasteiger partial charge < -0.3 is 15.1 Å². The van der Waals surface area contributed by atoms with Crippen LogP contribution in [0.5, 0.6) is 11.5 Å². The maximum absolute atomic E-state index is 13.0. The summed E-state index contributed by atoms with van der Waals surface area (Å²) in [6, 6.07) is 10.6. The van der Waals surface area contributed by atoms with E-state index in [1.165, 1.54) is 36.9 Å². The Morgan fingerprint density at radius 1 is 1.10 bits per heavy atom. The third kappa shape index (κ3) is 4.36. The van der Waals surface area contributed by atoms with Gasteiger partial charge in [-0.1, -0.05) is 23.7 Å². The van der Waals surface area contributed by atoms with Crippen LogP contribution in [0.1, 0.15) is 0 Å². The summed E-state index contributed by atoms with van der Waals surface area (Å²) in [4.78, 5) is 12.8. The maximum Gasteiger partial charge on any atom is 0.246 e. The summed E-state index contributed by atoms with van der Waals surface area (Å²) in [5.41, 5.74) is 0.991. The zero-order valence-electron chi connectivity index (χ0n) is 17.0. The fraction of sp³-hybridized carbons (Fsp3) is 0.200. The lowest BCUT2D eigenvalue weighted by Crippen LogP contribution is -2.37. The number of aromatic hydroxyl groups is 2. The van der Waals surface area contributed by atoms with Crippen molar-refractivity contribution in [2.24, 2.45) is 0 Å². The van der Waals surface area contributed by atoms with E-state index in [0.29, 0.717) is 16.4 Å². The van der Waals surface area contributed by atoms with Gasteiger partial charge in [-0.25, -0.2) is 13.1 Å². The average Bonchev–Trinajstić information content (AvgIpc) is 3.17. The molecule has 0 aliphatic carbocycles. The van der Waals surface area contributed by atoms with Crippen LogP contribution >= 0.6 is 11.6 Å². The summed E-state index contributed by atoms with van der Waals surface area (Å²) < 4.78 is 28.3. The number of phenols is 2. The highest BCUT2D eigenvalue weighted by atomic mass is 35.5. The van der Waals surface area contributed by atoms with Crippen LogP contribution in [-0.2, 0) is 14.8 Å². The Balaban J connectivity index is 2.11. The highest BCUT2D eigenvalue weighted by molar-refractivity contribution is 7.89. The Morgan fingerprint density at radius 2 is 1.77 bits per heavy atom. The van der Waals surface area contributed by atoms with Gasteiger partial charge in [0.15, 0.2) is 0 Å². The Hall–Kier alpha value is -3.08. The topological polar surface area (TPSA) is 116 Å². The highest BCUT2D eigenvalue weighted by Gasteiger charge is 2.29. The summed E-state index contributed by atoms with van der Waals surface area (Å²) >= 11 is 6.26. The van der Waals surface area contributed by atoms with Crippen LogP contribution in [0.2, 0.25) is 5.02 Å². The monoisotopic (exact) mass is 464 g/mol. The summed E-state index contributed by atoms with van der Waals surface area (Å²) in [7, 11) is 0.00505. The smallest absolute Gasteiger partial charge is 0.246 e. The van der Waals surface area contributed by atoms with Gasteiger partial charge >= 0.3 is 0 Å². The number of carbonyl (C=O) groups is 1. The van der Waals surface area contributed by atoms with Crippen LogP contribution in [0.25, 0.3) is 16.9 Å². The molecule has 31 heavy (non-hydrogen) atoms. The molecule has 0 bridgehead atoms. The number of carbonyl (C=O) groups excluding carboxylic acids is 1. The van der Waals surface area contributed by atoms with Gasteiger partial charge in [-0.2, -0.15) is 9.40 Å². The molecular weight excluding hydrogens is 444 g/mol. The van der Waals surface area contributed by atoms with Crippen molar-refractivity contribution in [3.63, 3.8) is 0 Å². The zero-order valence-corrected chi connectivity index (χ0v) is 18.6. The Morgan fingerprint density at radius 3 is 2.42 bits per heavy atom. The van der Waals surface area contributed by atoms with Crippen molar-refractivity contribution >= 4 is 27.5 Å². The predicted octanol–water partition coefficient (Wildman–Crippen LogP) is 2.31. The minimum atomic E-state index is -4.25. The van der Waals surface area contributed by atoms with E-state index < -0.39 is 33.1 Å². The normalized spacial score (nSPS) is 11.6. The molecule has 0 aliphatic rings. The van der Waals surface area contributed by atoms with E-state index >= 15 is 0 Å². The largest absolute Gasteiger partial charge is 0.507 e. The number of hydrogen-bond acceptors (Lipinski definition) is 6. The molecule has 9 nitrogen and oxygen atoms in total. The number of nitrogens with zero attached hydrogens (tertiary/aromatic N) is 4. The van der Waals surface area contributed by atoms with Gasteiger partial charge in [-0.15, -0.1) is 0 Å². The number of hydrogen-bond donors (Lipinski definition) is 2. The SMILES string of the molecule is CN(C)C(=O)CN(C)S(=O)(=O)c1cc(-c2ccnn2-c2ccccc2Cl)c(O)cc1O. The van der Waals surface area contributed by atoms with Crippen molar-refractivity contribution < 1.29 is 23.4 Å². The van der Waals surface area contributed by atoms with Crippen molar-refractivity contribution in [1.29, 1.82) is 0 Å². The molecule has 2 aromatic carbocycles. The summed E-state index contributed by atoms with van der Waals surface area (Å²) in [5.74, 6) is -1.42. The molecule has 0 atom stereocenters. The lowest BCUT2D eigenvalue weighted by atomic mass is 10.1. The first kappa shape index (κ1) is 22.6. The van der Waals surface area contributed by atoms with Gasteiger partial charge in [0.2, 0.25) is 15.9 Å². The number of likely N-dealkylation sites (N-methyl/N-ethyl adjacent to an activating group) is 2. The van der Waals surface area contributed by atoms with Gasteiger partial charge in [-0.3, -0.25) is 4.79 Å². The predicted molar refractivity (Wildman–Crippen MR) is 116 cm³/mol. The minimum absolute atomic E-state index is 0.112. The van der Waals surface area contributed by atoms with Gasteiger partial charge in [0.05, 0.1) is 29.1 Å². The molecule has 1 aromatic heterocycles. The first-order chi connectivity index (χ1) is 14.5. The molecule has 3 rings (SSSR count). The molecule has 164 valence electrons. The van der Waals surface area contributed by atoms with Crippen molar-refractivity contribution in [2.45, 2.75) is 4.90 Å². The number of benzene rings is 2. The van der Waals surface area contributed by atoms with Crippen LogP contribution in [-0.4, -0.2) is 71.2 Å². The number of phenolic OH excluding ortho intramolecular Hbond substituents is 2. The quantitative estimate of drug-likeness (QED) is 0.578. The molecule has 0 fully saturated rings. The van der Waals surface area contributed by atoms with E-state index in [1.54, 1.807) is 30.3 Å². The van der Waals surface area contributed by atoms with Crippen molar-refractivity contribution in [3.05, 3.63) is 53.7 Å². The van der Waals surface area contributed by atoms with E-state index in [0.717, 1.165) is 16.4 Å². The van der Waals surface area contributed by atoms with E-state index in [2.05, 4.69) is 5.10 Å². The van der Waals surface area contributed by atoms with Crippen LogP contribution in [0.4, 0.5) is 0 Å². The Bertz CT molecular complexity index is 1240. The van der Waals surface area contributed by atoms with E-state index in [-0.39, 0.29) is 11.3 Å². The third-order valence-corrected chi connectivity index (χ3v) is 6.77. The number of aromatic nitrogens is 2. The molecule has 1 amide bonds. The standard InChI is InChI=1S/C20H21ClN4O5S/c1-23(2)20(28)12-24(3)31(29,30)19-10-13(17(26)11-18(19)27)15-8-9-22-25(15)16-7-5-4-6-14(16)21/h4-11,26-27H,12H2,1-3H3. The number of para-hydroxylation sites is 1. The second kappa shape index (κ2) is 8.58. The highest BCUT2D eigenvalue weighted by Crippen LogP contribution is 2.39. The average molecular weight is 465 g/mol. The summed E-state index contributed by atoms with van der Waals surface area (Å²) in [6.45, 7) is -0.414. The number of rotatable bonds is 6. The van der Waals surface area contributed by atoms with Gasteiger partial charge in [0, 0.05) is 32.8 Å². The van der Waals surface area contributed by atoms with E-state index in [1.807, 2.05) is 0 Å².